The molecule has 3 heteroatoms. The van der Waals surface area contributed by atoms with Gasteiger partial charge in [0.15, 0.2) is 0 Å². The third kappa shape index (κ3) is 3.19. The lowest BCUT2D eigenvalue weighted by Gasteiger charge is -2.41. The number of rotatable bonds is 4. The van der Waals surface area contributed by atoms with Crippen molar-refractivity contribution in [3.8, 4) is 0 Å². The minimum absolute atomic E-state index is 0.142. The second-order valence-corrected chi connectivity index (χ2v) is 7.60. The average molecular weight is 280 g/mol. The van der Waals surface area contributed by atoms with Gasteiger partial charge in [0.1, 0.15) is 5.01 Å². The fourth-order valence-corrected chi connectivity index (χ4v) is 4.35. The lowest BCUT2D eigenvalue weighted by molar-refractivity contribution is 0.173. The highest BCUT2D eigenvalue weighted by Crippen LogP contribution is 2.42. The maximum Gasteiger partial charge on any atom is 0.113 e. The van der Waals surface area contributed by atoms with Gasteiger partial charge in [-0.1, -0.05) is 13.3 Å². The maximum absolute atomic E-state index is 4.87. The Morgan fingerprint density at radius 1 is 1.32 bits per heavy atom. The van der Waals surface area contributed by atoms with Crippen LogP contribution < -0.4 is 5.32 Å². The SMILES string of the molecule is CCC1CCC(NC(C)C)(c2nc(C)c(C)s2)CC1. The zero-order valence-corrected chi connectivity index (χ0v) is 13.9. The van der Waals surface area contributed by atoms with Crippen molar-refractivity contribution >= 4 is 11.3 Å². The van der Waals surface area contributed by atoms with Crippen LogP contribution in [0.1, 0.15) is 68.5 Å². The number of aromatic nitrogens is 1. The molecule has 1 aliphatic carbocycles. The molecule has 0 spiro atoms. The van der Waals surface area contributed by atoms with E-state index in [2.05, 4.69) is 39.9 Å². The van der Waals surface area contributed by atoms with Crippen LogP contribution in [0, 0.1) is 19.8 Å². The maximum atomic E-state index is 4.87. The summed E-state index contributed by atoms with van der Waals surface area (Å²) < 4.78 is 0. The second kappa shape index (κ2) is 5.92. The van der Waals surface area contributed by atoms with Gasteiger partial charge in [0, 0.05) is 10.9 Å². The van der Waals surface area contributed by atoms with Crippen LogP contribution in [0.15, 0.2) is 0 Å². The molecule has 2 rings (SSSR count). The van der Waals surface area contributed by atoms with E-state index in [1.807, 2.05) is 11.3 Å². The fourth-order valence-electron chi connectivity index (χ4n) is 3.23. The van der Waals surface area contributed by atoms with Crippen molar-refractivity contribution in [2.45, 2.75) is 78.3 Å². The quantitative estimate of drug-likeness (QED) is 0.875. The molecule has 0 atom stereocenters. The van der Waals surface area contributed by atoms with Gasteiger partial charge < -0.3 is 5.32 Å². The standard InChI is InChI=1S/C16H28N2S/c1-6-14-7-9-16(10-8-14,18-11(2)3)15-17-12(4)13(5)19-15/h11,14,18H,6-10H2,1-5H3. The molecule has 0 saturated heterocycles. The summed E-state index contributed by atoms with van der Waals surface area (Å²) in [5.41, 5.74) is 1.35. The first-order valence-corrected chi connectivity index (χ1v) is 8.50. The smallest absolute Gasteiger partial charge is 0.113 e. The Bertz CT molecular complexity index is 395. The molecule has 1 heterocycles. The predicted octanol–water partition coefficient (Wildman–Crippen LogP) is 4.55. The Morgan fingerprint density at radius 2 is 1.95 bits per heavy atom. The van der Waals surface area contributed by atoms with Gasteiger partial charge in [0.25, 0.3) is 0 Å². The van der Waals surface area contributed by atoms with Crippen LogP contribution in [0.3, 0.4) is 0 Å². The molecule has 0 unspecified atom stereocenters. The summed E-state index contributed by atoms with van der Waals surface area (Å²) in [6.45, 7) is 11.2. The van der Waals surface area contributed by atoms with Crippen molar-refractivity contribution in [1.29, 1.82) is 0 Å². The van der Waals surface area contributed by atoms with Gasteiger partial charge >= 0.3 is 0 Å². The van der Waals surface area contributed by atoms with Crippen LogP contribution >= 0.6 is 11.3 Å². The lowest BCUT2D eigenvalue weighted by atomic mass is 9.75. The first-order chi connectivity index (χ1) is 8.97. The van der Waals surface area contributed by atoms with Crippen molar-refractivity contribution in [1.82, 2.24) is 10.3 Å². The number of nitrogens with one attached hydrogen (secondary N) is 1. The first kappa shape index (κ1) is 15.0. The van der Waals surface area contributed by atoms with Crippen LogP contribution in [0.2, 0.25) is 0 Å². The van der Waals surface area contributed by atoms with E-state index in [0.29, 0.717) is 6.04 Å². The van der Waals surface area contributed by atoms with Gasteiger partial charge in [-0.05, 0) is 59.3 Å². The molecular formula is C16H28N2S. The van der Waals surface area contributed by atoms with Crippen molar-refractivity contribution in [3.05, 3.63) is 15.6 Å². The highest BCUT2D eigenvalue weighted by molar-refractivity contribution is 7.11. The van der Waals surface area contributed by atoms with E-state index in [1.165, 1.54) is 47.7 Å². The molecule has 2 nitrogen and oxygen atoms in total. The Balaban J connectivity index is 2.25. The minimum atomic E-state index is 0.142. The molecule has 1 N–H and O–H groups in total. The molecule has 19 heavy (non-hydrogen) atoms. The third-order valence-corrected chi connectivity index (χ3v) is 5.82. The first-order valence-electron chi connectivity index (χ1n) is 7.69. The van der Waals surface area contributed by atoms with Crippen molar-refractivity contribution < 1.29 is 0 Å². The number of aryl methyl sites for hydroxylation is 2. The molecule has 1 fully saturated rings. The summed E-state index contributed by atoms with van der Waals surface area (Å²) in [7, 11) is 0. The van der Waals surface area contributed by atoms with Crippen LogP contribution in [-0.4, -0.2) is 11.0 Å². The number of hydrogen-bond acceptors (Lipinski definition) is 3. The number of thiazole rings is 1. The molecular weight excluding hydrogens is 252 g/mol. The molecule has 1 saturated carbocycles. The van der Waals surface area contributed by atoms with Crippen molar-refractivity contribution in [3.63, 3.8) is 0 Å². The topological polar surface area (TPSA) is 24.9 Å². The number of hydrogen-bond donors (Lipinski definition) is 1. The molecule has 1 aromatic heterocycles. The Morgan fingerprint density at radius 3 is 2.37 bits per heavy atom. The molecule has 0 radical (unpaired) electrons. The summed E-state index contributed by atoms with van der Waals surface area (Å²) in [5, 5.41) is 5.17. The molecule has 0 bridgehead atoms. The minimum Gasteiger partial charge on any atom is -0.303 e. The van der Waals surface area contributed by atoms with Gasteiger partial charge in [-0.15, -0.1) is 11.3 Å². The normalized spacial score (nSPS) is 28.0. The zero-order valence-electron chi connectivity index (χ0n) is 13.0. The highest BCUT2D eigenvalue weighted by atomic mass is 32.1. The fraction of sp³-hybridized carbons (Fsp3) is 0.812. The van der Waals surface area contributed by atoms with Crippen LogP contribution in [0.25, 0.3) is 0 Å². The summed E-state index contributed by atoms with van der Waals surface area (Å²) in [4.78, 5) is 6.24. The van der Waals surface area contributed by atoms with Gasteiger partial charge in [-0.3, -0.25) is 0 Å². The largest absolute Gasteiger partial charge is 0.303 e. The van der Waals surface area contributed by atoms with Gasteiger partial charge in [-0.25, -0.2) is 4.98 Å². The molecule has 0 aliphatic heterocycles. The summed E-state index contributed by atoms with van der Waals surface area (Å²) in [6.07, 6.45) is 6.50. The second-order valence-electron chi connectivity index (χ2n) is 6.39. The van der Waals surface area contributed by atoms with E-state index in [1.54, 1.807) is 0 Å². The summed E-state index contributed by atoms with van der Waals surface area (Å²) in [6, 6.07) is 0.516. The Labute approximate surface area is 122 Å². The summed E-state index contributed by atoms with van der Waals surface area (Å²) in [5.74, 6) is 0.921. The molecule has 0 amide bonds. The predicted molar refractivity (Wildman–Crippen MR) is 83.8 cm³/mol. The van der Waals surface area contributed by atoms with E-state index in [0.717, 1.165) is 5.92 Å². The van der Waals surface area contributed by atoms with E-state index in [-0.39, 0.29) is 5.54 Å². The lowest BCUT2D eigenvalue weighted by Crippen LogP contribution is -2.48. The van der Waals surface area contributed by atoms with Crippen LogP contribution in [-0.2, 0) is 5.54 Å². The monoisotopic (exact) mass is 280 g/mol. The number of nitrogens with zero attached hydrogens (tertiary/aromatic N) is 1. The third-order valence-electron chi connectivity index (χ3n) is 4.54. The van der Waals surface area contributed by atoms with E-state index in [4.69, 9.17) is 4.98 Å². The zero-order chi connectivity index (χ0) is 14.0. The van der Waals surface area contributed by atoms with E-state index >= 15 is 0 Å². The molecule has 1 aromatic rings. The van der Waals surface area contributed by atoms with Crippen LogP contribution in [0.5, 0.6) is 0 Å². The van der Waals surface area contributed by atoms with Crippen LogP contribution in [0.4, 0.5) is 0 Å². The molecule has 108 valence electrons. The van der Waals surface area contributed by atoms with Gasteiger partial charge in [0.2, 0.25) is 0 Å². The van der Waals surface area contributed by atoms with Gasteiger partial charge in [-0.2, -0.15) is 0 Å². The Hall–Kier alpha value is -0.410. The molecule has 0 aromatic carbocycles. The summed E-state index contributed by atoms with van der Waals surface area (Å²) >= 11 is 1.90. The van der Waals surface area contributed by atoms with Crippen molar-refractivity contribution in [2.75, 3.05) is 0 Å². The highest BCUT2D eigenvalue weighted by Gasteiger charge is 2.39. The van der Waals surface area contributed by atoms with E-state index in [9.17, 15) is 0 Å². The Kier molecular flexibility index (Phi) is 4.67. The van der Waals surface area contributed by atoms with Crippen molar-refractivity contribution in [2.24, 2.45) is 5.92 Å². The van der Waals surface area contributed by atoms with Gasteiger partial charge in [0.05, 0.1) is 11.2 Å². The van der Waals surface area contributed by atoms with E-state index < -0.39 is 0 Å². The molecule has 1 aliphatic rings. The average Bonchev–Trinajstić information content (AvgIpc) is 2.70.